The highest BCUT2D eigenvalue weighted by Gasteiger charge is 2.30. The molecule has 0 unspecified atom stereocenters. The molecule has 0 spiro atoms. The minimum atomic E-state index is -0.467. The average Bonchev–Trinajstić information content (AvgIpc) is 3.28. The quantitative estimate of drug-likeness (QED) is 0.497. The molecule has 2 aliphatic rings. The molecule has 2 aromatic rings. The van der Waals surface area contributed by atoms with Gasteiger partial charge >= 0.3 is 0 Å². The second-order valence-corrected chi connectivity index (χ2v) is 11.6. The summed E-state index contributed by atoms with van der Waals surface area (Å²) in [7, 11) is 2.01. The summed E-state index contributed by atoms with van der Waals surface area (Å²) in [5.41, 5.74) is 7.74. The fraction of sp³-hybridized carbons (Fsp3) is 0.630. The number of amides is 1. The number of nitrogens with two attached hydrogens (primary N) is 1. The molecule has 36 heavy (non-hydrogen) atoms. The van der Waals surface area contributed by atoms with Crippen LogP contribution in [-0.4, -0.2) is 64.5 Å². The first-order valence-electron chi connectivity index (χ1n) is 13.2. The predicted molar refractivity (Wildman–Crippen MR) is 146 cm³/mol. The van der Waals surface area contributed by atoms with Gasteiger partial charge in [0.2, 0.25) is 23.8 Å². The first-order valence-corrected chi connectivity index (χ1v) is 13.2. The van der Waals surface area contributed by atoms with Crippen molar-refractivity contribution in [1.29, 1.82) is 0 Å². The number of nitrogens with one attached hydrogen (secondary N) is 2. The molecular formula is C27H42N8O. The van der Waals surface area contributed by atoms with E-state index in [1.54, 1.807) is 12.1 Å². The molecule has 1 amide bonds. The van der Waals surface area contributed by atoms with Crippen LogP contribution in [0.4, 0.5) is 23.5 Å². The van der Waals surface area contributed by atoms with Crippen LogP contribution < -0.4 is 21.3 Å². The van der Waals surface area contributed by atoms with E-state index in [1.807, 2.05) is 20.0 Å². The number of carbonyl (C=O) groups is 1. The molecule has 1 aromatic heterocycles. The Balaban J connectivity index is 1.56. The maximum atomic E-state index is 11.7. The second-order valence-electron chi connectivity index (χ2n) is 11.6. The molecule has 1 aromatic carbocycles. The first-order chi connectivity index (χ1) is 17.1. The third-order valence-electron chi connectivity index (χ3n) is 7.09. The van der Waals surface area contributed by atoms with Crippen molar-refractivity contribution in [3.8, 4) is 0 Å². The lowest BCUT2D eigenvalue weighted by Crippen LogP contribution is -2.36. The summed E-state index contributed by atoms with van der Waals surface area (Å²) in [5.74, 6) is 1.15. The van der Waals surface area contributed by atoms with E-state index < -0.39 is 5.91 Å². The number of likely N-dealkylation sites (tertiary alicyclic amines) is 1. The van der Waals surface area contributed by atoms with Gasteiger partial charge < -0.3 is 21.3 Å². The highest BCUT2D eigenvalue weighted by atomic mass is 16.1. The Hall–Kier alpha value is -2.94. The van der Waals surface area contributed by atoms with Gasteiger partial charge in [-0.3, -0.25) is 9.69 Å². The van der Waals surface area contributed by atoms with Crippen LogP contribution in [0.1, 0.15) is 75.2 Å². The van der Waals surface area contributed by atoms with Gasteiger partial charge in [0.1, 0.15) is 0 Å². The molecule has 2 heterocycles. The van der Waals surface area contributed by atoms with Gasteiger partial charge in [-0.15, -0.1) is 0 Å². The van der Waals surface area contributed by atoms with Crippen LogP contribution in [0.5, 0.6) is 0 Å². The van der Waals surface area contributed by atoms with Crippen molar-refractivity contribution in [2.75, 3.05) is 42.2 Å². The van der Waals surface area contributed by atoms with Crippen molar-refractivity contribution in [2.45, 2.75) is 78.3 Å². The molecule has 2 fully saturated rings. The normalized spacial score (nSPS) is 19.3. The maximum Gasteiger partial charge on any atom is 0.248 e. The summed E-state index contributed by atoms with van der Waals surface area (Å²) in [5, 5.41) is 6.90. The van der Waals surface area contributed by atoms with E-state index in [2.05, 4.69) is 41.2 Å². The molecule has 9 nitrogen and oxygen atoms in total. The molecule has 0 bridgehead atoms. The van der Waals surface area contributed by atoms with Crippen LogP contribution in [-0.2, 0) is 0 Å². The average molecular weight is 495 g/mol. The predicted octanol–water partition coefficient (Wildman–Crippen LogP) is 4.32. The topological polar surface area (TPSA) is 112 Å². The Labute approximate surface area is 215 Å². The van der Waals surface area contributed by atoms with Crippen LogP contribution >= 0.6 is 0 Å². The Kier molecular flexibility index (Phi) is 7.97. The van der Waals surface area contributed by atoms with Crippen LogP contribution in [0.25, 0.3) is 0 Å². The summed E-state index contributed by atoms with van der Waals surface area (Å²) in [6.45, 7) is 11.5. The summed E-state index contributed by atoms with van der Waals surface area (Å²) in [6, 6.07) is 6.36. The largest absolute Gasteiger partial charge is 0.366 e. The number of nitrogens with zero attached hydrogens (tertiary/aromatic N) is 5. The van der Waals surface area contributed by atoms with Crippen molar-refractivity contribution in [3.05, 3.63) is 29.3 Å². The number of primary amides is 1. The molecule has 1 saturated carbocycles. The van der Waals surface area contributed by atoms with E-state index in [0.717, 1.165) is 43.3 Å². The van der Waals surface area contributed by atoms with Crippen LogP contribution in [0.2, 0.25) is 0 Å². The Morgan fingerprint density at radius 2 is 1.83 bits per heavy atom. The molecule has 1 aliphatic carbocycles. The van der Waals surface area contributed by atoms with Gasteiger partial charge in [0.15, 0.2) is 0 Å². The molecular weight excluding hydrogens is 452 g/mol. The Morgan fingerprint density at radius 3 is 2.53 bits per heavy atom. The number of aryl methyl sites for hydroxylation is 1. The van der Waals surface area contributed by atoms with Gasteiger partial charge in [-0.2, -0.15) is 15.0 Å². The molecule has 1 atom stereocenters. The zero-order chi connectivity index (χ0) is 25.9. The van der Waals surface area contributed by atoms with Gasteiger partial charge in [0, 0.05) is 50.0 Å². The SMILES string of the molecule is Cc1ccc(C(N)=O)cc1Nc1nc(N[C@H]2CCN(C3CCCCC3)C2)nc(N(C)CC(C)(C)C)n1. The lowest BCUT2D eigenvalue weighted by atomic mass is 9.94. The molecule has 4 N–H and O–H groups in total. The Bertz CT molecular complexity index is 1060. The summed E-state index contributed by atoms with van der Waals surface area (Å²) in [4.78, 5) is 30.6. The highest BCUT2D eigenvalue weighted by molar-refractivity contribution is 5.94. The van der Waals surface area contributed by atoms with E-state index in [0.29, 0.717) is 29.5 Å². The van der Waals surface area contributed by atoms with Crippen LogP contribution in [0, 0.1) is 12.3 Å². The van der Waals surface area contributed by atoms with Gasteiger partial charge in [0.25, 0.3) is 0 Å². The summed E-state index contributed by atoms with van der Waals surface area (Å²) < 4.78 is 0. The van der Waals surface area contributed by atoms with E-state index in [1.165, 1.54) is 32.1 Å². The first kappa shape index (κ1) is 26.1. The van der Waals surface area contributed by atoms with Crippen molar-refractivity contribution in [1.82, 2.24) is 19.9 Å². The highest BCUT2D eigenvalue weighted by Crippen LogP contribution is 2.28. The van der Waals surface area contributed by atoms with Gasteiger partial charge in [0.05, 0.1) is 0 Å². The molecule has 1 saturated heterocycles. The van der Waals surface area contributed by atoms with Gasteiger partial charge in [-0.1, -0.05) is 46.1 Å². The lowest BCUT2D eigenvalue weighted by molar-refractivity contribution is 0.100. The molecule has 4 rings (SSSR count). The minimum Gasteiger partial charge on any atom is -0.366 e. The number of carbonyl (C=O) groups excluding carboxylic acids is 1. The van der Waals surface area contributed by atoms with Crippen LogP contribution in [0.3, 0.4) is 0 Å². The zero-order valence-corrected chi connectivity index (χ0v) is 22.5. The smallest absolute Gasteiger partial charge is 0.248 e. The van der Waals surface area contributed by atoms with Gasteiger partial charge in [-0.05, 0) is 49.3 Å². The Morgan fingerprint density at radius 1 is 1.11 bits per heavy atom. The van der Waals surface area contributed by atoms with Crippen LogP contribution in [0.15, 0.2) is 18.2 Å². The minimum absolute atomic E-state index is 0.0842. The number of anilines is 4. The molecule has 1 aliphatic heterocycles. The molecule has 9 heteroatoms. The summed E-state index contributed by atoms with van der Waals surface area (Å²) >= 11 is 0. The number of aromatic nitrogens is 3. The van der Waals surface area contributed by atoms with E-state index in [4.69, 9.17) is 20.7 Å². The van der Waals surface area contributed by atoms with E-state index in [9.17, 15) is 4.79 Å². The van der Waals surface area contributed by atoms with Crippen molar-refractivity contribution >= 4 is 29.4 Å². The number of hydrogen-bond donors (Lipinski definition) is 3. The van der Waals surface area contributed by atoms with E-state index >= 15 is 0 Å². The fourth-order valence-electron chi connectivity index (χ4n) is 5.33. The number of rotatable bonds is 8. The van der Waals surface area contributed by atoms with Crippen molar-refractivity contribution < 1.29 is 4.79 Å². The third-order valence-corrected chi connectivity index (χ3v) is 7.09. The zero-order valence-electron chi connectivity index (χ0n) is 22.5. The fourth-order valence-corrected chi connectivity index (χ4v) is 5.33. The summed E-state index contributed by atoms with van der Waals surface area (Å²) in [6.07, 6.45) is 7.79. The second kappa shape index (κ2) is 11.0. The van der Waals surface area contributed by atoms with E-state index in [-0.39, 0.29) is 5.41 Å². The van der Waals surface area contributed by atoms with Crippen molar-refractivity contribution in [3.63, 3.8) is 0 Å². The van der Waals surface area contributed by atoms with Crippen molar-refractivity contribution in [2.24, 2.45) is 11.1 Å². The molecule has 0 radical (unpaired) electrons. The lowest BCUT2D eigenvalue weighted by Gasteiger charge is -2.31. The number of benzene rings is 1. The number of hydrogen-bond acceptors (Lipinski definition) is 8. The standard InChI is InChI=1S/C27H42N8O/c1-18-11-12-19(23(28)36)15-22(18)30-25-31-24(32-26(33-25)34(5)17-27(2,3)4)29-20-13-14-35(16-20)21-9-7-6-8-10-21/h11-12,15,20-21H,6-10,13-14,16-17H2,1-5H3,(H2,28,36)(H2,29,30,31,32,33)/t20-/m0/s1. The molecule has 196 valence electrons. The third kappa shape index (κ3) is 6.84. The maximum absolute atomic E-state index is 11.7. The van der Waals surface area contributed by atoms with Gasteiger partial charge in [-0.25, -0.2) is 0 Å². The monoisotopic (exact) mass is 494 g/mol.